The summed E-state index contributed by atoms with van der Waals surface area (Å²) in [5, 5.41) is 4.05. The number of alkyl halides is 2. The van der Waals surface area contributed by atoms with Gasteiger partial charge in [0, 0.05) is 37.0 Å². The van der Waals surface area contributed by atoms with Crippen LogP contribution in [0.1, 0.15) is 25.0 Å². The van der Waals surface area contributed by atoms with E-state index in [2.05, 4.69) is 19.7 Å². The molecule has 1 N–H and O–H groups in total. The molecule has 1 atom stereocenters. The quantitative estimate of drug-likeness (QED) is 0.577. The van der Waals surface area contributed by atoms with Crippen molar-refractivity contribution < 1.29 is 21.9 Å². The third-order valence-corrected chi connectivity index (χ3v) is 6.24. The maximum Gasteiger partial charge on any atom is 0.282 e. The van der Waals surface area contributed by atoms with Gasteiger partial charge in [0.1, 0.15) is 11.4 Å². The van der Waals surface area contributed by atoms with Crippen LogP contribution in [0.25, 0.3) is 16.9 Å². The van der Waals surface area contributed by atoms with E-state index >= 15 is 0 Å². The summed E-state index contributed by atoms with van der Waals surface area (Å²) in [4.78, 5) is 6.47. The van der Waals surface area contributed by atoms with Crippen LogP contribution in [-0.4, -0.2) is 56.0 Å². The highest BCUT2D eigenvalue weighted by atomic mass is 32.2. The normalized spacial score (nSPS) is 17.3. The Morgan fingerprint density at radius 1 is 1.28 bits per heavy atom. The summed E-state index contributed by atoms with van der Waals surface area (Å²) in [6, 6.07) is 8.47. The van der Waals surface area contributed by atoms with E-state index in [9.17, 15) is 17.2 Å². The second kappa shape index (κ2) is 8.99. The Morgan fingerprint density at radius 2 is 2.09 bits per heavy atom. The molecule has 2 aromatic heterocycles. The Kier molecular flexibility index (Phi) is 6.29. The topological polar surface area (TPSA) is 88.8 Å². The Balaban J connectivity index is 1.66. The second-order valence-electron chi connectivity index (χ2n) is 7.97. The van der Waals surface area contributed by atoms with E-state index in [1.54, 1.807) is 13.3 Å². The molecule has 3 heterocycles. The van der Waals surface area contributed by atoms with Crippen LogP contribution in [0.3, 0.4) is 0 Å². The molecule has 0 radical (unpaired) electrons. The van der Waals surface area contributed by atoms with Crippen molar-refractivity contribution in [1.82, 2.24) is 19.3 Å². The van der Waals surface area contributed by atoms with E-state index in [0.717, 1.165) is 36.9 Å². The molecule has 8 nitrogen and oxygen atoms in total. The predicted molar refractivity (Wildman–Crippen MR) is 118 cm³/mol. The number of hydrogen-bond acceptors (Lipinski definition) is 6. The van der Waals surface area contributed by atoms with Gasteiger partial charge in [0.2, 0.25) is 10.0 Å². The number of benzene rings is 1. The second-order valence-corrected chi connectivity index (χ2v) is 9.80. The monoisotopic (exact) mass is 465 g/mol. The Bertz CT molecular complexity index is 1220. The van der Waals surface area contributed by atoms with Crippen molar-refractivity contribution in [3.8, 4) is 17.0 Å². The number of nitrogens with zero attached hydrogens (tertiary/aromatic N) is 4. The smallest absolute Gasteiger partial charge is 0.282 e. The lowest BCUT2D eigenvalue weighted by atomic mass is 9.97. The number of fused-ring (bicyclic) bond motifs is 1. The zero-order valence-electron chi connectivity index (χ0n) is 17.8. The zero-order valence-corrected chi connectivity index (χ0v) is 18.6. The highest BCUT2D eigenvalue weighted by Gasteiger charge is 2.22. The van der Waals surface area contributed by atoms with E-state index in [-0.39, 0.29) is 11.6 Å². The highest BCUT2D eigenvalue weighted by Crippen LogP contribution is 2.33. The number of anilines is 1. The summed E-state index contributed by atoms with van der Waals surface area (Å²) in [5.41, 5.74) is 2.37. The van der Waals surface area contributed by atoms with Gasteiger partial charge in [-0.05, 0) is 43.0 Å². The summed E-state index contributed by atoms with van der Waals surface area (Å²) < 4.78 is 58.7. The van der Waals surface area contributed by atoms with Crippen molar-refractivity contribution in [1.29, 1.82) is 0 Å². The molecular formula is C21H25F2N5O3S. The molecule has 1 saturated heterocycles. The number of rotatable bonds is 7. The van der Waals surface area contributed by atoms with E-state index in [1.165, 1.54) is 16.6 Å². The van der Waals surface area contributed by atoms with Crippen LogP contribution in [-0.2, 0) is 10.0 Å². The van der Waals surface area contributed by atoms with Crippen molar-refractivity contribution in [3.05, 3.63) is 42.2 Å². The van der Waals surface area contributed by atoms with Crippen LogP contribution >= 0.6 is 0 Å². The highest BCUT2D eigenvalue weighted by molar-refractivity contribution is 7.88. The molecule has 0 spiro atoms. The fourth-order valence-corrected chi connectivity index (χ4v) is 4.51. The number of ether oxygens (including phenoxy) is 1. The van der Waals surface area contributed by atoms with E-state index in [1.807, 2.05) is 18.2 Å². The number of methoxy groups -OCH3 is 1. The fourth-order valence-electron chi connectivity index (χ4n) is 3.97. The van der Waals surface area contributed by atoms with Gasteiger partial charge in [0.05, 0.1) is 25.3 Å². The molecule has 3 aromatic rings. The third kappa shape index (κ3) is 4.99. The van der Waals surface area contributed by atoms with Crippen molar-refractivity contribution >= 4 is 21.4 Å². The number of piperidine rings is 1. The summed E-state index contributed by atoms with van der Waals surface area (Å²) in [5.74, 6) is 0.799. The number of halogens is 2. The maximum atomic E-state index is 13.2. The number of aromatic nitrogens is 3. The van der Waals surface area contributed by atoms with Gasteiger partial charge in [0.25, 0.3) is 6.43 Å². The summed E-state index contributed by atoms with van der Waals surface area (Å²) >= 11 is 0. The Morgan fingerprint density at radius 3 is 2.81 bits per heavy atom. The minimum absolute atomic E-state index is 0.180. The number of imidazole rings is 1. The lowest BCUT2D eigenvalue weighted by Crippen LogP contribution is -2.40. The van der Waals surface area contributed by atoms with Crippen LogP contribution in [0.2, 0.25) is 0 Å². The van der Waals surface area contributed by atoms with E-state index in [4.69, 9.17) is 4.74 Å². The van der Waals surface area contributed by atoms with Gasteiger partial charge in [-0.25, -0.2) is 31.4 Å². The molecule has 0 saturated carbocycles. The summed E-state index contributed by atoms with van der Waals surface area (Å²) in [6.45, 7) is 1.90. The molecule has 32 heavy (non-hydrogen) atoms. The number of sulfonamides is 1. The molecule has 4 rings (SSSR count). The first-order chi connectivity index (χ1) is 15.2. The molecule has 0 bridgehead atoms. The molecule has 1 aliphatic heterocycles. The van der Waals surface area contributed by atoms with E-state index < -0.39 is 16.4 Å². The van der Waals surface area contributed by atoms with Crippen LogP contribution in [0.5, 0.6) is 5.75 Å². The van der Waals surface area contributed by atoms with Gasteiger partial charge in [-0.3, -0.25) is 0 Å². The maximum absolute atomic E-state index is 13.2. The van der Waals surface area contributed by atoms with Gasteiger partial charge in [-0.1, -0.05) is 0 Å². The van der Waals surface area contributed by atoms with Crippen molar-refractivity contribution in [3.63, 3.8) is 0 Å². The fraction of sp³-hybridized carbons (Fsp3) is 0.429. The zero-order chi connectivity index (χ0) is 22.9. The van der Waals surface area contributed by atoms with Gasteiger partial charge in [0.15, 0.2) is 5.65 Å². The number of hydrogen-bond donors (Lipinski definition) is 1. The minimum atomic E-state index is -3.24. The molecule has 11 heteroatoms. The van der Waals surface area contributed by atoms with Crippen molar-refractivity contribution in [2.75, 3.05) is 37.9 Å². The first-order valence-electron chi connectivity index (χ1n) is 10.3. The third-order valence-electron chi connectivity index (χ3n) is 5.55. The summed E-state index contributed by atoms with van der Waals surface area (Å²) in [7, 11) is -1.67. The van der Waals surface area contributed by atoms with Crippen molar-refractivity contribution in [2.45, 2.75) is 19.3 Å². The predicted octanol–water partition coefficient (Wildman–Crippen LogP) is 3.11. The average molecular weight is 466 g/mol. The first kappa shape index (κ1) is 22.4. The van der Waals surface area contributed by atoms with Crippen molar-refractivity contribution in [2.24, 2.45) is 5.92 Å². The Hall–Kier alpha value is -2.79. The standard InChI is InChI=1S/C21H25F2N5O3S/c1-31-17-9-15(19-12-24-20-6-5-18(21(22)23)26-28(19)20)8-16(10-17)27-7-3-4-14(13-27)11-25-32(2,29)30/h5-6,8-10,12,14,21,25H,3-4,7,11,13H2,1-2H3/t14-/m1/s1. The van der Waals surface area contributed by atoms with Gasteiger partial charge in [-0.15, -0.1) is 0 Å². The summed E-state index contributed by atoms with van der Waals surface area (Å²) in [6.07, 6.45) is 1.94. The van der Waals surface area contributed by atoms with Gasteiger partial charge >= 0.3 is 0 Å². The van der Waals surface area contributed by atoms with Gasteiger partial charge < -0.3 is 9.64 Å². The van der Waals surface area contributed by atoms with Crippen LogP contribution in [0.15, 0.2) is 36.5 Å². The van der Waals surface area contributed by atoms with Gasteiger partial charge in [-0.2, -0.15) is 5.10 Å². The van der Waals surface area contributed by atoms with Crippen LogP contribution in [0.4, 0.5) is 14.5 Å². The largest absolute Gasteiger partial charge is 0.497 e. The molecule has 172 valence electrons. The first-order valence-corrected chi connectivity index (χ1v) is 12.1. The molecule has 0 unspecified atom stereocenters. The molecule has 1 aliphatic rings. The molecule has 1 fully saturated rings. The molecule has 1 aromatic carbocycles. The SMILES string of the molecule is COc1cc(-c2cnc3ccc(C(F)F)nn23)cc(N2CCC[C@H](CNS(C)(=O)=O)C2)c1. The van der Waals surface area contributed by atoms with Crippen LogP contribution in [0, 0.1) is 5.92 Å². The molecule has 0 amide bonds. The molecule has 0 aliphatic carbocycles. The average Bonchev–Trinajstić information content (AvgIpc) is 3.20. The van der Waals surface area contributed by atoms with Crippen LogP contribution < -0.4 is 14.4 Å². The lowest BCUT2D eigenvalue weighted by molar-refractivity contribution is 0.144. The lowest BCUT2D eigenvalue weighted by Gasteiger charge is -2.34. The Labute approximate surface area is 185 Å². The minimum Gasteiger partial charge on any atom is -0.497 e. The molecular weight excluding hydrogens is 440 g/mol. The van der Waals surface area contributed by atoms with E-state index in [0.29, 0.717) is 30.2 Å². The number of nitrogens with one attached hydrogen (secondary N) is 1.